The highest BCUT2D eigenvalue weighted by Crippen LogP contribution is 2.22. The van der Waals surface area contributed by atoms with Crippen LogP contribution in [0.15, 0.2) is 12.3 Å². The number of nitrogens with zero attached hydrogens (tertiary/aromatic N) is 1. The van der Waals surface area contributed by atoms with Crippen molar-refractivity contribution in [2.75, 3.05) is 0 Å². The molecule has 0 saturated heterocycles. The van der Waals surface area contributed by atoms with Crippen LogP contribution in [0.5, 0.6) is 0 Å². The molecule has 2 aromatic rings. The van der Waals surface area contributed by atoms with Gasteiger partial charge in [-0.3, -0.25) is 0 Å². The number of rotatable bonds is 3. The first-order valence-corrected chi connectivity index (χ1v) is 6.28. The highest BCUT2D eigenvalue weighted by molar-refractivity contribution is 7.71. The molecule has 0 atom stereocenters. The molecule has 0 aliphatic rings. The molecule has 0 amide bonds. The third-order valence-electron chi connectivity index (χ3n) is 2.65. The van der Waals surface area contributed by atoms with Crippen LogP contribution in [-0.2, 0) is 13.2 Å². The zero-order valence-electron chi connectivity index (χ0n) is 9.28. The third-order valence-corrected chi connectivity index (χ3v) is 4.12. The summed E-state index contributed by atoms with van der Waals surface area (Å²) in [6.45, 7) is 4.97. The topological polar surface area (TPSA) is 41.0 Å². The summed E-state index contributed by atoms with van der Waals surface area (Å²) in [7, 11) is 0. The minimum atomic E-state index is 0.0104. The van der Waals surface area contributed by atoms with E-state index in [0.717, 1.165) is 12.2 Å². The van der Waals surface area contributed by atoms with Gasteiger partial charge in [-0.1, -0.05) is 0 Å². The Balaban J connectivity index is 2.33. The molecule has 0 aliphatic heterocycles. The van der Waals surface area contributed by atoms with E-state index in [1.54, 1.807) is 17.5 Å². The lowest BCUT2D eigenvalue weighted by Gasteiger charge is -2.03. The molecule has 0 bridgehead atoms. The lowest BCUT2D eigenvalue weighted by molar-refractivity contribution is 0.271. The van der Waals surface area contributed by atoms with E-state index in [1.165, 1.54) is 15.3 Å². The van der Waals surface area contributed by atoms with Gasteiger partial charge in [0.1, 0.15) is 0 Å². The first-order chi connectivity index (χ1) is 7.61. The van der Waals surface area contributed by atoms with Crippen molar-refractivity contribution in [2.45, 2.75) is 27.0 Å². The lowest BCUT2D eigenvalue weighted by Crippen LogP contribution is -2.03. The zero-order valence-corrected chi connectivity index (χ0v) is 10.9. The summed E-state index contributed by atoms with van der Waals surface area (Å²) >= 11 is 6.96. The van der Waals surface area contributed by atoms with Crippen LogP contribution in [0.3, 0.4) is 0 Å². The van der Waals surface area contributed by atoms with Crippen molar-refractivity contribution in [3.8, 4) is 0 Å². The van der Waals surface area contributed by atoms with Crippen molar-refractivity contribution in [3.05, 3.63) is 38.0 Å². The molecule has 2 aromatic heterocycles. The Morgan fingerprint density at radius 3 is 2.81 bits per heavy atom. The molecule has 0 fully saturated rings. The van der Waals surface area contributed by atoms with Crippen molar-refractivity contribution in [3.63, 3.8) is 0 Å². The third kappa shape index (κ3) is 2.11. The summed E-state index contributed by atoms with van der Waals surface area (Å²) in [4.78, 5) is 5.55. The van der Waals surface area contributed by atoms with E-state index < -0.39 is 0 Å². The van der Waals surface area contributed by atoms with Gasteiger partial charge < -0.3 is 14.7 Å². The van der Waals surface area contributed by atoms with Gasteiger partial charge in [-0.25, -0.2) is 0 Å². The van der Waals surface area contributed by atoms with Gasteiger partial charge in [0.25, 0.3) is 0 Å². The van der Waals surface area contributed by atoms with Crippen LogP contribution in [0.1, 0.15) is 21.0 Å². The Bertz CT molecular complexity index is 531. The quantitative estimate of drug-likeness (QED) is 0.827. The maximum absolute atomic E-state index is 9.19. The molecule has 0 radical (unpaired) electrons. The van der Waals surface area contributed by atoms with Gasteiger partial charge in [0.2, 0.25) is 0 Å². The molecule has 5 heteroatoms. The molecule has 2 rings (SSSR count). The van der Waals surface area contributed by atoms with Crippen LogP contribution in [0.2, 0.25) is 0 Å². The fourth-order valence-electron chi connectivity index (χ4n) is 1.62. The average molecular weight is 254 g/mol. The smallest absolute Gasteiger partial charge is 0.177 e. The molecule has 0 spiro atoms. The summed E-state index contributed by atoms with van der Waals surface area (Å²) < 4.78 is 2.59. The van der Waals surface area contributed by atoms with E-state index in [2.05, 4.69) is 24.9 Å². The number of aromatic nitrogens is 2. The highest BCUT2D eigenvalue weighted by Gasteiger charge is 2.06. The number of hydrogen-bond donors (Lipinski definition) is 2. The van der Waals surface area contributed by atoms with E-state index >= 15 is 0 Å². The van der Waals surface area contributed by atoms with Crippen LogP contribution in [-0.4, -0.2) is 14.7 Å². The molecule has 0 saturated carbocycles. The zero-order chi connectivity index (χ0) is 11.7. The van der Waals surface area contributed by atoms with E-state index in [4.69, 9.17) is 12.2 Å². The molecular weight excluding hydrogens is 240 g/mol. The Hall–Kier alpha value is -0.910. The number of aliphatic hydroxyl groups is 1. The van der Waals surface area contributed by atoms with Crippen LogP contribution in [0.25, 0.3) is 0 Å². The van der Waals surface area contributed by atoms with Gasteiger partial charge in [0.05, 0.1) is 18.8 Å². The molecule has 2 N–H and O–H groups in total. The van der Waals surface area contributed by atoms with Gasteiger partial charge in [-0.2, -0.15) is 0 Å². The number of H-pyrrole nitrogens is 1. The molecule has 16 heavy (non-hydrogen) atoms. The van der Waals surface area contributed by atoms with Crippen LogP contribution in [0.4, 0.5) is 0 Å². The molecule has 86 valence electrons. The maximum Gasteiger partial charge on any atom is 0.177 e. The van der Waals surface area contributed by atoms with Gasteiger partial charge in [0.15, 0.2) is 4.77 Å². The second-order valence-corrected chi connectivity index (χ2v) is 5.51. The summed E-state index contributed by atoms with van der Waals surface area (Å²) in [6, 6.07) is 2.18. The van der Waals surface area contributed by atoms with E-state index in [-0.39, 0.29) is 6.61 Å². The molecule has 0 aliphatic carbocycles. The van der Waals surface area contributed by atoms with Crippen molar-refractivity contribution in [2.24, 2.45) is 0 Å². The van der Waals surface area contributed by atoms with E-state index in [0.29, 0.717) is 4.77 Å². The fourth-order valence-corrected chi connectivity index (χ4v) is 2.90. The normalized spacial score (nSPS) is 10.9. The van der Waals surface area contributed by atoms with Crippen LogP contribution in [0, 0.1) is 18.6 Å². The first-order valence-electron chi connectivity index (χ1n) is 5.05. The monoisotopic (exact) mass is 254 g/mol. The molecule has 3 nitrogen and oxygen atoms in total. The number of aryl methyl sites for hydroxylation is 2. The minimum absolute atomic E-state index is 0.0104. The number of aliphatic hydroxyl groups excluding tert-OH is 1. The Labute approximate surface area is 103 Å². The van der Waals surface area contributed by atoms with E-state index in [1.807, 2.05) is 4.57 Å². The second kappa shape index (κ2) is 4.53. The van der Waals surface area contributed by atoms with Gasteiger partial charge in [-0.05, 0) is 37.7 Å². The lowest BCUT2D eigenvalue weighted by atomic mass is 10.3. The second-order valence-electron chi connectivity index (χ2n) is 3.78. The first kappa shape index (κ1) is 11.6. The summed E-state index contributed by atoms with van der Waals surface area (Å²) in [5, 5.41) is 9.19. The number of thiophene rings is 1. The predicted molar refractivity (Wildman–Crippen MR) is 68.4 cm³/mol. The number of nitrogens with one attached hydrogen (secondary N) is 1. The van der Waals surface area contributed by atoms with E-state index in [9.17, 15) is 5.11 Å². The fraction of sp³-hybridized carbons (Fsp3) is 0.364. The molecule has 0 unspecified atom stereocenters. The molecular formula is C11H14N2OS2. The standard InChI is InChI=1S/C11H14N2OS2/c1-7-3-10(16-8(7)2)5-13-9(6-14)4-12-11(13)15/h3-4,14H,5-6H2,1-2H3,(H,12,15). The Morgan fingerprint density at radius 2 is 2.25 bits per heavy atom. The number of aromatic amines is 1. The number of imidazole rings is 1. The maximum atomic E-state index is 9.19. The SMILES string of the molecule is Cc1cc(Cn2c(CO)c[nH]c2=S)sc1C. The minimum Gasteiger partial charge on any atom is -0.390 e. The van der Waals surface area contributed by atoms with Crippen LogP contribution >= 0.6 is 23.6 Å². The highest BCUT2D eigenvalue weighted by atomic mass is 32.1. The molecule has 0 aromatic carbocycles. The summed E-state index contributed by atoms with van der Waals surface area (Å²) in [6.07, 6.45) is 1.76. The predicted octanol–water partition coefficient (Wildman–Crippen LogP) is 2.76. The van der Waals surface area contributed by atoms with Crippen LogP contribution < -0.4 is 0 Å². The Kier molecular flexibility index (Phi) is 3.28. The average Bonchev–Trinajstić information content (AvgIpc) is 2.74. The van der Waals surface area contributed by atoms with Crippen molar-refractivity contribution in [1.82, 2.24) is 9.55 Å². The largest absolute Gasteiger partial charge is 0.390 e. The van der Waals surface area contributed by atoms with Gasteiger partial charge in [-0.15, -0.1) is 11.3 Å². The van der Waals surface area contributed by atoms with Gasteiger partial charge >= 0.3 is 0 Å². The van der Waals surface area contributed by atoms with Crippen molar-refractivity contribution >= 4 is 23.6 Å². The summed E-state index contributed by atoms with van der Waals surface area (Å²) in [5.74, 6) is 0. The summed E-state index contributed by atoms with van der Waals surface area (Å²) in [5.41, 5.74) is 2.14. The van der Waals surface area contributed by atoms with Gasteiger partial charge in [0, 0.05) is 16.0 Å². The van der Waals surface area contributed by atoms with Crippen molar-refractivity contribution < 1.29 is 5.11 Å². The molecule has 2 heterocycles. The number of hydrogen-bond acceptors (Lipinski definition) is 3. The Morgan fingerprint density at radius 1 is 1.50 bits per heavy atom. The van der Waals surface area contributed by atoms with Crippen molar-refractivity contribution in [1.29, 1.82) is 0 Å².